The molecule has 3 unspecified atom stereocenters. The minimum atomic E-state index is -0.787. The Balaban J connectivity index is 3.00. The molecule has 0 bridgehead atoms. The van der Waals surface area contributed by atoms with Gasteiger partial charge in [0.2, 0.25) is 0 Å². The Hall–Kier alpha value is -3.14. The Kier molecular flexibility index (Phi) is 15.2. The first-order valence-electron chi connectivity index (χ1n) is 13.6. The molecular weight excluding hydrogens is 506 g/mol. The molecule has 1 rings (SSSR count). The second kappa shape index (κ2) is 17.4. The lowest BCUT2D eigenvalue weighted by Crippen LogP contribution is -2.43. The van der Waals surface area contributed by atoms with E-state index in [-0.39, 0.29) is 42.9 Å². The summed E-state index contributed by atoms with van der Waals surface area (Å²) in [6.07, 6.45) is 0.749. The summed E-state index contributed by atoms with van der Waals surface area (Å²) in [5.41, 5.74) is 0.634. The quantitative estimate of drug-likeness (QED) is 0.225. The molecule has 10 heteroatoms. The molecule has 0 aliphatic heterocycles. The van der Waals surface area contributed by atoms with E-state index in [1.165, 1.54) is 7.11 Å². The van der Waals surface area contributed by atoms with Crippen LogP contribution < -0.4 is 14.8 Å². The van der Waals surface area contributed by atoms with Crippen LogP contribution in [0.5, 0.6) is 11.5 Å². The van der Waals surface area contributed by atoms with Crippen LogP contribution in [0.3, 0.4) is 0 Å². The minimum Gasteiger partial charge on any atom is -0.468 e. The Morgan fingerprint density at radius 2 is 1.44 bits per heavy atom. The summed E-state index contributed by atoms with van der Waals surface area (Å²) in [6, 6.07) is 4.01. The van der Waals surface area contributed by atoms with E-state index in [9.17, 15) is 19.2 Å². The van der Waals surface area contributed by atoms with Gasteiger partial charge < -0.3 is 29.0 Å². The fourth-order valence-corrected chi connectivity index (χ4v) is 3.14. The second-order valence-electron chi connectivity index (χ2n) is 10.1. The first kappa shape index (κ1) is 33.9. The van der Waals surface area contributed by atoms with Crippen molar-refractivity contribution in [3.05, 3.63) is 23.8 Å². The number of nitrogens with one attached hydrogen (secondary N) is 1. The van der Waals surface area contributed by atoms with Crippen molar-refractivity contribution in [1.82, 2.24) is 5.32 Å². The van der Waals surface area contributed by atoms with E-state index in [0.29, 0.717) is 24.3 Å². The van der Waals surface area contributed by atoms with Crippen molar-refractivity contribution in [2.45, 2.75) is 86.3 Å². The van der Waals surface area contributed by atoms with Crippen LogP contribution in [0.2, 0.25) is 0 Å². The van der Waals surface area contributed by atoms with Crippen LogP contribution in [0.25, 0.3) is 0 Å². The average molecular weight is 552 g/mol. The van der Waals surface area contributed by atoms with Crippen LogP contribution in [0.4, 0.5) is 4.79 Å². The third-order valence-corrected chi connectivity index (χ3v) is 6.25. The largest absolute Gasteiger partial charge is 0.508 e. The monoisotopic (exact) mass is 551 g/mol. The van der Waals surface area contributed by atoms with Crippen LogP contribution in [0.1, 0.15) is 73.3 Å². The molecule has 10 nitrogen and oxygen atoms in total. The van der Waals surface area contributed by atoms with Gasteiger partial charge in [0.25, 0.3) is 0 Å². The van der Waals surface area contributed by atoms with E-state index >= 15 is 0 Å². The zero-order chi connectivity index (χ0) is 29.5. The van der Waals surface area contributed by atoms with E-state index in [2.05, 4.69) is 5.32 Å². The molecule has 0 aliphatic carbocycles. The Labute approximate surface area is 232 Å². The summed E-state index contributed by atoms with van der Waals surface area (Å²) >= 11 is 0. The summed E-state index contributed by atoms with van der Waals surface area (Å²) in [4.78, 5) is 49.3. The van der Waals surface area contributed by atoms with Crippen LogP contribution >= 0.6 is 0 Å². The molecule has 0 saturated heterocycles. The Bertz CT molecular complexity index is 947. The summed E-state index contributed by atoms with van der Waals surface area (Å²) < 4.78 is 26.3. The number of esters is 3. The number of ether oxygens (including phenoxy) is 5. The van der Waals surface area contributed by atoms with Gasteiger partial charge in [-0.05, 0) is 56.2 Å². The summed E-state index contributed by atoms with van der Waals surface area (Å²) in [6.45, 7) is 13.4. The summed E-state index contributed by atoms with van der Waals surface area (Å²) in [5, 5.41) is 3.05. The van der Waals surface area contributed by atoms with E-state index < -0.39 is 36.2 Å². The second-order valence-corrected chi connectivity index (χ2v) is 10.1. The van der Waals surface area contributed by atoms with Crippen molar-refractivity contribution in [1.29, 1.82) is 0 Å². The van der Waals surface area contributed by atoms with Gasteiger partial charge in [0.15, 0.2) is 11.5 Å². The zero-order valence-electron chi connectivity index (χ0n) is 24.5. The maximum atomic E-state index is 12.5. The number of carbonyl (C=O) groups excluding carboxylic acids is 4. The van der Waals surface area contributed by atoms with E-state index in [1.54, 1.807) is 39.0 Å². The number of methoxy groups -OCH3 is 1. The van der Waals surface area contributed by atoms with Gasteiger partial charge in [0, 0.05) is 6.54 Å². The molecule has 0 spiro atoms. The highest BCUT2D eigenvalue weighted by molar-refractivity contribution is 5.79. The Morgan fingerprint density at radius 1 is 0.846 bits per heavy atom. The predicted octanol–water partition coefficient (Wildman–Crippen LogP) is 4.85. The number of rotatable bonds is 16. The van der Waals surface area contributed by atoms with E-state index in [1.807, 2.05) is 27.7 Å². The average Bonchev–Trinajstić information content (AvgIpc) is 2.90. The fourth-order valence-electron chi connectivity index (χ4n) is 3.14. The van der Waals surface area contributed by atoms with Crippen LogP contribution in [0.15, 0.2) is 18.2 Å². The molecule has 1 aromatic carbocycles. The lowest BCUT2D eigenvalue weighted by atomic mass is 10.0. The molecular formula is C29H45NO9. The standard InChI is InChI=1S/C29H45NO9/c1-9-19(5)26(31)38-24-12-11-22(16-25(24)39-27(32)20(6)10-2)15-23(28(33)35-8)30-17-21(7)37-29(34)36-14-13-18(3)4/h11-12,16,18-21,23,30H,9-10,13-15,17H2,1-8H3/t19?,20?,21?,23-/m0/s1. The molecule has 39 heavy (non-hydrogen) atoms. The first-order valence-corrected chi connectivity index (χ1v) is 13.6. The van der Waals surface area contributed by atoms with Gasteiger partial charge in [0.1, 0.15) is 12.1 Å². The molecule has 1 aromatic rings. The highest BCUT2D eigenvalue weighted by Gasteiger charge is 2.24. The van der Waals surface area contributed by atoms with Gasteiger partial charge in [0.05, 0.1) is 25.6 Å². The fraction of sp³-hybridized carbons (Fsp3) is 0.655. The third kappa shape index (κ3) is 12.5. The number of carbonyl (C=O) groups is 4. The smallest absolute Gasteiger partial charge is 0.468 e. The Morgan fingerprint density at radius 3 is 1.97 bits per heavy atom. The van der Waals surface area contributed by atoms with E-state index in [0.717, 1.165) is 6.42 Å². The van der Waals surface area contributed by atoms with Gasteiger partial charge in [-0.15, -0.1) is 0 Å². The third-order valence-electron chi connectivity index (χ3n) is 6.25. The summed E-state index contributed by atoms with van der Waals surface area (Å²) in [7, 11) is 1.28. The SMILES string of the molecule is CCC(C)C(=O)Oc1ccc(C[C@H](NCC(C)OC(=O)OCCC(C)C)C(=O)OC)cc1OC(=O)C(C)CC. The van der Waals surface area contributed by atoms with Crippen molar-refractivity contribution >= 4 is 24.1 Å². The van der Waals surface area contributed by atoms with Gasteiger partial charge in [-0.1, -0.05) is 47.6 Å². The van der Waals surface area contributed by atoms with Crippen molar-refractivity contribution in [3.63, 3.8) is 0 Å². The molecule has 0 aromatic heterocycles. The molecule has 220 valence electrons. The predicted molar refractivity (Wildman–Crippen MR) is 145 cm³/mol. The van der Waals surface area contributed by atoms with Crippen molar-refractivity contribution in [3.8, 4) is 11.5 Å². The lowest BCUT2D eigenvalue weighted by Gasteiger charge is -2.20. The topological polar surface area (TPSA) is 126 Å². The molecule has 0 heterocycles. The highest BCUT2D eigenvalue weighted by Crippen LogP contribution is 2.31. The molecule has 0 radical (unpaired) electrons. The molecule has 1 N–H and O–H groups in total. The van der Waals surface area contributed by atoms with Crippen molar-refractivity contribution in [2.75, 3.05) is 20.3 Å². The van der Waals surface area contributed by atoms with Gasteiger partial charge in [-0.2, -0.15) is 0 Å². The highest BCUT2D eigenvalue weighted by atomic mass is 16.7. The maximum absolute atomic E-state index is 12.5. The van der Waals surface area contributed by atoms with Crippen molar-refractivity contribution < 1.29 is 42.9 Å². The number of benzene rings is 1. The maximum Gasteiger partial charge on any atom is 0.508 e. The van der Waals surface area contributed by atoms with Gasteiger partial charge >= 0.3 is 24.1 Å². The molecule has 4 atom stereocenters. The number of hydrogen-bond acceptors (Lipinski definition) is 10. The van der Waals surface area contributed by atoms with Crippen LogP contribution in [-0.2, 0) is 35.0 Å². The molecule has 0 fully saturated rings. The molecule has 0 amide bonds. The number of hydrogen-bond donors (Lipinski definition) is 1. The van der Waals surface area contributed by atoms with E-state index in [4.69, 9.17) is 23.7 Å². The zero-order valence-corrected chi connectivity index (χ0v) is 24.5. The van der Waals surface area contributed by atoms with Crippen LogP contribution in [0, 0.1) is 17.8 Å². The lowest BCUT2D eigenvalue weighted by molar-refractivity contribution is -0.143. The van der Waals surface area contributed by atoms with Crippen LogP contribution in [-0.4, -0.2) is 56.5 Å². The first-order chi connectivity index (χ1) is 18.4. The normalized spacial score (nSPS) is 14.1. The molecule has 0 aliphatic rings. The minimum absolute atomic E-state index is 0.0962. The summed E-state index contributed by atoms with van der Waals surface area (Å²) in [5.74, 6) is -1.46. The van der Waals surface area contributed by atoms with Gasteiger partial charge in [-0.25, -0.2) is 4.79 Å². The van der Waals surface area contributed by atoms with Crippen molar-refractivity contribution in [2.24, 2.45) is 17.8 Å². The van der Waals surface area contributed by atoms with Gasteiger partial charge in [-0.3, -0.25) is 14.4 Å². The molecule has 0 saturated carbocycles.